The number of carbonyl (C=O) groups is 1. The number of anilines is 1. The van der Waals surface area contributed by atoms with E-state index in [0.717, 1.165) is 22.4 Å². The van der Waals surface area contributed by atoms with E-state index in [9.17, 15) is 9.90 Å². The molecule has 2 fully saturated rings. The van der Waals surface area contributed by atoms with Crippen LogP contribution in [0, 0.1) is 12.3 Å². The summed E-state index contributed by atoms with van der Waals surface area (Å²) in [5.74, 6) is 0.689. The number of oxazole rings is 1. The lowest BCUT2D eigenvalue weighted by Crippen LogP contribution is -2.48. The number of pyridine rings is 1. The minimum atomic E-state index is -0.0178. The Kier molecular flexibility index (Phi) is 6.27. The number of hydrogen-bond acceptors (Lipinski definition) is 7. The molecule has 0 unspecified atom stereocenters. The molecule has 2 aromatic carbocycles. The predicted molar refractivity (Wildman–Crippen MR) is 145 cm³/mol. The van der Waals surface area contributed by atoms with Crippen LogP contribution in [-0.2, 0) is 6.61 Å². The van der Waals surface area contributed by atoms with E-state index in [2.05, 4.69) is 21.8 Å². The van der Waals surface area contributed by atoms with Gasteiger partial charge in [-0.05, 0) is 66.8 Å². The maximum Gasteiger partial charge on any atom is 0.300 e. The molecule has 0 bridgehead atoms. The van der Waals surface area contributed by atoms with Gasteiger partial charge in [0, 0.05) is 42.9 Å². The number of aliphatic hydroxyl groups excluding tert-OH is 1. The average Bonchev–Trinajstić information content (AvgIpc) is 3.54. The van der Waals surface area contributed by atoms with Crippen LogP contribution in [-0.4, -0.2) is 58.7 Å². The smallest absolute Gasteiger partial charge is 0.300 e. The molecular formula is C30H32N4O4. The van der Waals surface area contributed by atoms with Gasteiger partial charge in [0.25, 0.3) is 11.9 Å². The molecule has 1 aliphatic carbocycles. The fourth-order valence-corrected chi connectivity index (χ4v) is 4.71. The van der Waals surface area contributed by atoms with E-state index < -0.39 is 0 Å². The first-order chi connectivity index (χ1) is 18.4. The van der Waals surface area contributed by atoms with Crippen LogP contribution in [0.1, 0.15) is 41.4 Å². The number of piperazine rings is 1. The van der Waals surface area contributed by atoms with E-state index in [1.165, 1.54) is 12.8 Å². The quantitative estimate of drug-likeness (QED) is 0.379. The highest BCUT2D eigenvalue weighted by Crippen LogP contribution is 2.45. The summed E-state index contributed by atoms with van der Waals surface area (Å²) in [6.07, 6.45) is 2.34. The second-order valence-electron chi connectivity index (χ2n) is 10.8. The minimum Gasteiger partial charge on any atom is -0.493 e. The zero-order valence-corrected chi connectivity index (χ0v) is 21.8. The van der Waals surface area contributed by atoms with E-state index in [1.807, 2.05) is 66.4 Å². The van der Waals surface area contributed by atoms with Gasteiger partial charge in [0.15, 0.2) is 5.58 Å². The van der Waals surface area contributed by atoms with Crippen LogP contribution in [0.4, 0.5) is 6.01 Å². The van der Waals surface area contributed by atoms with Gasteiger partial charge in [0.1, 0.15) is 5.75 Å². The summed E-state index contributed by atoms with van der Waals surface area (Å²) in [5, 5.41) is 9.41. The van der Waals surface area contributed by atoms with Crippen molar-refractivity contribution in [3.05, 3.63) is 71.4 Å². The summed E-state index contributed by atoms with van der Waals surface area (Å²) in [7, 11) is 0. The van der Waals surface area contributed by atoms with Crippen LogP contribution in [0.5, 0.6) is 5.75 Å². The molecule has 196 valence electrons. The molecule has 8 nitrogen and oxygen atoms in total. The molecule has 6 rings (SSSR count). The van der Waals surface area contributed by atoms with E-state index in [-0.39, 0.29) is 17.9 Å². The van der Waals surface area contributed by atoms with Gasteiger partial charge in [-0.25, -0.2) is 4.98 Å². The number of aliphatic hydroxyl groups is 1. The first-order valence-electron chi connectivity index (χ1n) is 13.2. The molecule has 1 N–H and O–H groups in total. The Bertz CT molecular complexity index is 1470. The van der Waals surface area contributed by atoms with Crippen molar-refractivity contribution < 1.29 is 19.1 Å². The lowest BCUT2D eigenvalue weighted by Gasteiger charge is -2.34. The molecule has 1 amide bonds. The third kappa shape index (κ3) is 5.09. The molecule has 1 saturated heterocycles. The molecule has 3 heterocycles. The summed E-state index contributed by atoms with van der Waals surface area (Å²) in [4.78, 5) is 26.6. The number of aryl methyl sites for hydroxylation is 1. The lowest BCUT2D eigenvalue weighted by atomic mass is 10.0. The fraction of sp³-hybridized carbons (Fsp3) is 0.367. The molecule has 0 spiro atoms. The predicted octanol–water partition coefficient (Wildman–Crippen LogP) is 4.83. The van der Waals surface area contributed by atoms with E-state index in [1.54, 1.807) is 0 Å². The maximum atomic E-state index is 13.6. The summed E-state index contributed by atoms with van der Waals surface area (Å²) in [5.41, 5.74) is 5.76. The third-order valence-corrected chi connectivity index (χ3v) is 7.53. The molecule has 2 aliphatic rings. The Morgan fingerprint density at radius 3 is 2.47 bits per heavy atom. The van der Waals surface area contributed by atoms with Gasteiger partial charge in [0.05, 0.1) is 13.2 Å². The van der Waals surface area contributed by atoms with Crippen LogP contribution < -0.4 is 9.64 Å². The molecule has 4 aromatic rings. The number of fused-ring (bicyclic) bond motifs is 1. The number of benzene rings is 2. The largest absolute Gasteiger partial charge is 0.493 e. The van der Waals surface area contributed by atoms with E-state index in [4.69, 9.17) is 9.15 Å². The van der Waals surface area contributed by atoms with Crippen LogP contribution in [0.3, 0.4) is 0 Å². The molecule has 8 heteroatoms. The van der Waals surface area contributed by atoms with E-state index in [0.29, 0.717) is 61.3 Å². The number of hydrogen-bond donors (Lipinski definition) is 1. The zero-order chi connectivity index (χ0) is 26.3. The highest BCUT2D eigenvalue weighted by Gasteiger charge is 2.38. The topological polar surface area (TPSA) is 91.9 Å². The Morgan fingerprint density at radius 2 is 1.76 bits per heavy atom. The Morgan fingerprint density at radius 1 is 1.00 bits per heavy atom. The average molecular weight is 513 g/mol. The first-order valence-corrected chi connectivity index (χ1v) is 13.2. The number of nitrogens with zero attached hydrogens (tertiary/aromatic N) is 4. The maximum absolute atomic E-state index is 13.6. The normalized spacial score (nSPS) is 16.6. The second kappa shape index (κ2) is 9.76. The molecule has 0 radical (unpaired) electrons. The number of ether oxygens (including phenoxy) is 1. The van der Waals surface area contributed by atoms with Crippen molar-refractivity contribution in [2.45, 2.75) is 33.3 Å². The third-order valence-electron chi connectivity index (χ3n) is 7.53. The molecule has 1 aliphatic heterocycles. The van der Waals surface area contributed by atoms with Crippen molar-refractivity contribution in [2.24, 2.45) is 5.41 Å². The Balaban J connectivity index is 1.20. The molecule has 1 saturated carbocycles. The highest BCUT2D eigenvalue weighted by atomic mass is 16.5. The number of rotatable bonds is 7. The van der Waals surface area contributed by atoms with Gasteiger partial charge in [-0.15, -0.1) is 0 Å². The monoisotopic (exact) mass is 512 g/mol. The van der Waals surface area contributed by atoms with Crippen LogP contribution in [0.2, 0.25) is 0 Å². The van der Waals surface area contributed by atoms with Gasteiger partial charge in [0.2, 0.25) is 5.65 Å². The van der Waals surface area contributed by atoms with Gasteiger partial charge >= 0.3 is 0 Å². The number of amides is 1. The SMILES string of the molecule is Cc1ccc2oc(N3CCN(C(=O)c4cc(OCC5(C)CC5)cc(-c5ccc(CO)cc5)c4)CC3)nc2n1. The summed E-state index contributed by atoms with van der Waals surface area (Å²) in [6.45, 7) is 7.18. The van der Waals surface area contributed by atoms with Crippen LogP contribution >= 0.6 is 0 Å². The fourth-order valence-electron chi connectivity index (χ4n) is 4.71. The van der Waals surface area contributed by atoms with Crippen molar-refractivity contribution in [3.63, 3.8) is 0 Å². The van der Waals surface area contributed by atoms with Crippen LogP contribution in [0.25, 0.3) is 22.4 Å². The van der Waals surface area contributed by atoms with Gasteiger partial charge in [-0.1, -0.05) is 31.2 Å². The molecule has 2 aromatic heterocycles. The van der Waals surface area contributed by atoms with Crippen molar-refractivity contribution >= 4 is 23.2 Å². The minimum absolute atomic E-state index is 0.00255. The van der Waals surface area contributed by atoms with Crippen LogP contribution in [0.15, 0.2) is 59.0 Å². The Labute approximate surface area is 221 Å². The van der Waals surface area contributed by atoms with Crippen molar-refractivity contribution in [1.29, 1.82) is 0 Å². The highest BCUT2D eigenvalue weighted by molar-refractivity contribution is 5.96. The standard InChI is InChI=1S/C30H32N4O4/c1-20-3-8-26-27(31-20)32-29(38-26)34-13-11-33(12-14-34)28(36)24-15-23(22-6-4-21(18-35)5-7-22)16-25(17-24)37-19-30(2)9-10-30/h3-8,15-17,35H,9-14,18-19H2,1-2H3. The molecule has 0 atom stereocenters. The summed E-state index contributed by atoms with van der Waals surface area (Å²) >= 11 is 0. The summed E-state index contributed by atoms with van der Waals surface area (Å²) in [6, 6.07) is 17.9. The second-order valence-corrected chi connectivity index (χ2v) is 10.8. The number of aromatic nitrogens is 2. The molecular weight excluding hydrogens is 480 g/mol. The van der Waals surface area contributed by atoms with Gasteiger partial charge in [-0.3, -0.25) is 4.79 Å². The summed E-state index contributed by atoms with van der Waals surface area (Å²) < 4.78 is 12.1. The van der Waals surface area contributed by atoms with E-state index >= 15 is 0 Å². The van der Waals surface area contributed by atoms with Gasteiger partial charge in [-0.2, -0.15) is 4.98 Å². The van der Waals surface area contributed by atoms with Crippen molar-refractivity contribution in [1.82, 2.24) is 14.9 Å². The van der Waals surface area contributed by atoms with Crippen molar-refractivity contribution in [2.75, 3.05) is 37.7 Å². The first kappa shape index (κ1) is 24.4. The zero-order valence-electron chi connectivity index (χ0n) is 21.8. The van der Waals surface area contributed by atoms with Crippen molar-refractivity contribution in [3.8, 4) is 16.9 Å². The number of carbonyl (C=O) groups excluding carboxylic acids is 1. The Hall–Kier alpha value is -3.91. The lowest BCUT2D eigenvalue weighted by molar-refractivity contribution is 0.0744. The van der Waals surface area contributed by atoms with Gasteiger partial charge < -0.3 is 24.1 Å². The molecule has 38 heavy (non-hydrogen) atoms.